The van der Waals surface area contributed by atoms with Crippen LogP contribution in [-0.4, -0.2) is 0 Å². The van der Waals surface area contributed by atoms with Crippen LogP contribution in [0.2, 0.25) is 5.02 Å². The third-order valence-electron chi connectivity index (χ3n) is 1.58. The van der Waals surface area contributed by atoms with Crippen LogP contribution in [0.3, 0.4) is 0 Å². The lowest BCUT2D eigenvalue weighted by Gasteiger charge is -2.08. The summed E-state index contributed by atoms with van der Waals surface area (Å²) in [7, 11) is 0. The van der Waals surface area contributed by atoms with Crippen LogP contribution >= 0.6 is 39.9 Å². The minimum Gasteiger partial charge on any atom is -0.321 e. The van der Waals surface area contributed by atoms with Crippen molar-refractivity contribution < 1.29 is 0 Å². The average Bonchev–Trinajstić information content (AvgIpc) is 2.03. The van der Waals surface area contributed by atoms with E-state index in [0.717, 1.165) is 10.0 Å². The molecule has 1 nitrogen and oxygen atoms in total. The first-order chi connectivity index (χ1) is 5.65. The molecule has 0 aliphatic carbocycles. The fraction of sp³-hybridized carbons (Fsp3) is 0.111. The summed E-state index contributed by atoms with van der Waals surface area (Å²) in [6, 6.07) is 5.38. The van der Waals surface area contributed by atoms with Crippen molar-refractivity contribution in [3.05, 3.63) is 45.9 Å². The lowest BCUT2D eigenvalue weighted by molar-refractivity contribution is 0.908. The fourth-order valence-electron chi connectivity index (χ4n) is 0.899. The monoisotopic (exact) mass is 281 g/mol. The standard InChI is InChI=1S/C9H9BrClN.ClH/c1-2-9(12)7-4-3-6(11)5-8(7)10;/h2-5,9H,1,12H2;1H/t9-;/m1./s1. The summed E-state index contributed by atoms with van der Waals surface area (Å²) in [5, 5.41) is 0.696. The van der Waals surface area contributed by atoms with Gasteiger partial charge in [-0.15, -0.1) is 19.0 Å². The highest BCUT2D eigenvalue weighted by Gasteiger charge is 2.05. The summed E-state index contributed by atoms with van der Waals surface area (Å²) in [5.74, 6) is 0. The summed E-state index contributed by atoms with van der Waals surface area (Å²) < 4.78 is 0.919. The Balaban J connectivity index is 0.00000144. The first-order valence-electron chi connectivity index (χ1n) is 3.48. The van der Waals surface area contributed by atoms with Gasteiger partial charge in [-0.05, 0) is 17.7 Å². The van der Waals surface area contributed by atoms with Gasteiger partial charge >= 0.3 is 0 Å². The molecule has 0 aliphatic rings. The third kappa shape index (κ3) is 3.31. The first kappa shape index (κ1) is 13.0. The Morgan fingerprint density at radius 1 is 1.54 bits per heavy atom. The van der Waals surface area contributed by atoms with E-state index in [0.29, 0.717) is 5.02 Å². The molecule has 0 heterocycles. The van der Waals surface area contributed by atoms with Gasteiger partial charge in [0.05, 0.1) is 0 Å². The van der Waals surface area contributed by atoms with Gasteiger partial charge in [0.15, 0.2) is 0 Å². The molecule has 0 saturated heterocycles. The topological polar surface area (TPSA) is 26.0 Å². The third-order valence-corrected chi connectivity index (χ3v) is 2.50. The van der Waals surface area contributed by atoms with Crippen LogP contribution in [0, 0.1) is 0 Å². The van der Waals surface area contributed by atoms with E-state index in [-0.39, 0.29) is 18.4 Å². The second-order valence-corrected chi connectivity index (χ2v) is 3.72. The molecule has 1 aromatic carbocycles. The molecule has 72 valence electrons. The molecule has 0 unspecified atom stereocenters. The van der Waals surface area contributed by atoms with E-state index >= 15 is 0 Å². The van der Waals surface area contributed by atoms with Crippen molar-refractivity contribution in [1.82, 2.24) is 0 Å². The van der Waals surface area contributed by atoms with Gasteiger partial charge in [0.2, 0.25) is 0 Å². The number of halogens is 3. The zero-order valence-corrected chi connectivity index (χ0v) is 9.99. The predicted molar refractivity (Wildman–Crippen MR) is 63.5 cm³/mol. The quantitative estimate of drug-likeness (QED) is 0.823. The van der Waals surface area contributed by atoms with E-state index in [9.17, 15) is 0 Å². The maximum atomic E-state index is 5.77. The lowest BCUT2D eigenvalue weighted by atomic mass is 10.1. The SMILES string of the molecule is C=C[C@@H](N)c1ccc(Cl)cc1Br.Cl. The number of benzene rings is 1. The Hall–Kier alpha value is -0.0200. The highest BCUT2D eigenvalue weighted by atomic mass is 79.9. The van der Waals surface area contributed by atoms with E-state index in [4.69, 9.17) is 17.3 Å². The lowest BCUT2D eigenvalue weighted by Crippen LogP contribution is -2.06. The van der Waals surface area contributed by atoms with E-state index in [2.05, 4.69) is 22.5 Å². The van der Waals surface area contributed by atoms with E-state index in [1.807, 2.05) is 18.2 Å². The molecule has 0 aliphatic heterocycles. The second-order valence-electron chi connectivity index (χ2n) is 2.43. The number of nitrogens with two attached hydrogens (primary N) is 1. The Labute approximate surface area is 97.5 Å². The largest absolute Gasteiger partial charge is 0.321 e. The highest BCUT2D eigenvalue weighted by molar-refractivity contribution is 9.10. The predicted octanol–water partition coefficient (Wildman–Crippen LogP) is 3.71. The number of hydrogen-bond acceptors (Lipinski definition) is 1. The van der Waals surface area contributed by atoms with Crippen LogP contribution in [-0.2, 0) is 0 Å². The molecular weight excluding hydrogens is 273 g/mol. The molecule has 0 saturated carbocycles. The van der Waals surface area contributed by atoms with Crippen LogP contribution < -0.4 is 5.73 Å². The van der Waals surface area contributed by atoms with E-state index in [1.54, 1.807) is 6.08 Å². The minimum absolute atomic E-state index is 0. The van der Waals surface area contributed by atoms with Gasteiger partial charge in [0, 0.05) is 15.5 Å². The summed E-state index contributed by atoms with van der Waals surface area (Å²) >= 11 is 9.14. The van der Waals surface area contributed by atoms with Crippen LogP contribution in [0.4, 0.5) is 0 Å². The van der Waals surface area contributed by atoms with Crippen LogP contribution in [0.15, 0.2) is 35.3 Å². The number of hydrogen-bond donors (Lipinski definition) is 1. The van der Waals surface area contributed by atoms with Gasteiger partial charge in [0.1, 0.15) is 0 Å². The minimum atomic E-state index is -0.142. The zero-order chi connectivity index (χ0) is 9.14. The Morgan fingerprint density at radius 3 is 2.62 bits per heavy atom. The first-order valence-corrected chi connectivity index (χ1v) is 4.65. The molecule has 13 heavy (non-hydrogen) atoms. The van der Waals surface area contributed by atoms with Gasteiger partial charge in [0.25, 0.3) is 0 Å². The normalized spacial score (nSPS) is 11.6. The van der Waals surface area contributed by atoms with Gasteiger partial charge in [-0.3, -0.25) is 0 Å². The second kappa shape index (κ2) is 5.66. The molecule has 0 fully saturated rings. The maximum absolute atomic E-state index is 5.77. The van der Waals surface area contributed by atoms with Crippen molar-refractivity contribution in [1.29, 1.82) is 0 Å². The summed E-state index contributed by atoms with van der Waals surface area (Å²) in [6.07, 6.45) is 1.69. The van der Waals surface area contributed by atoms with Crippen molar-refractivity contribution in [3.63, 3.8) is 0 Å². The molecule has 0 bridgehead atoms. The van der Waals surface area contributed by atoms with Crippen LogP contribution in [0.5, 0.6) is 0 Å². The van der Waals surface area contributed by atoms with Gasteiger partial charge in [-0.1, -0.05) is 39.7 Å². The molecule has 1 rings (SSSR count). The molecule has 0 aromatic heterocycles. The summed E-state index contributed by atoms with van der Waals surface area (Å²) in [6.45, 7) is 3.62. The van der Waals surface area contributed by atoms with Crippen molar-refractivity contribution in [2.24, 2.45) is 5.73 Å². The smallest absolute Gasteiger partial charge is 0.0489 e. The summed E-state index contributed by atoms with van der Waals surface area (Å²) in [4.78, 5) is 0. The fourth-order valence-corrected chi connectivity index (χ4v) is 1.85. The molecular formula is C9H10BrCl2N. The molecule has 0 radical (unpaired) electrons. The van der Waals surface area contributed by atoms with Crippen molar-refractivity contribution in [2.75, 3.05) is 0 Å². The van der Waals surface area contributed by atoms with Gasteiger partial charge < -0.3 is 5.73 Å². The average molecular weight is 283 g/mol. The van der Waals surface area contributed by atoms with E-state index < -0.39 is 0 Å². The summed E-state index contributed by atoms with van der Waals surface area (Å²) in [5.41, 5.74) is 6.75. The Morgan fingerprint density at radius 2 is 2.15 bits per heavy atom. The van der Waals surface area contributed by atoms with Crippen molar-refractivity contribution in [3.8, 4) is 0 Å². The molecule has 0 amide bonds. The Bertz CT molecular complexity index is 302. The Kier molecular flexibility index (Phi) is 5.65. The molecule has 1 atom stereocenters. The molecule has 0 spiro atoms. The molecule has 2 N–H and O–H groups in total. The van der Waals surface area contributed by atoms with E-state index in [1.165, 1.54) is 0 Å². The van der Waals surface area contributed by atoms with Crippen molar-refractivity contribution >= 4 is 39.9 Å². The number of rotatable bonds is 2. The molecule has 4 heteroatoms. The van der Waals surface area contributed by atoms with Gasteiger partial charge in [-0.2, -0.15) is 0 Å². The molecule has 1 aromatic rings. The highest BCUT2D eigenvalue weighted by Crippen LogP contribution is 2.25. The van der Waals surface area contributed by atoms with Crippen LogP contribution in [0.25, 0.3) is 0 Å². The zero-order valence-electron chi connectivity index (χ0n) is 6.84. The van der Waals surface area contributed by atoms with Gasteiger partial charge in [-0.25, -0.2) is 0 Å². The van der Waals surface area contributed by atoms with Crippen molar-refractivity contribution in [2.45, 2.75) is 6.04 Å². The maximum Gasteiger partial charge on any atom is 0.0489 e. The van der Waals surface area contributed by atoms with Crippen LogP contribution in [0.1, 0.15) is 11.6 Å².